The maximum atomic E-state index is 6.31. The van der Waals surface area contributed by atoms with Gasteiger partial charge in [-0.3, -0.25) is 0 Å². The number of hydrogen-bond acceptors (Lipinski definition) is 3. The quantitative estimate of drug-likeness (QED) is 0.188. The molecule has 0 N–H and O–H groups in total. The van der Waals surface area contributed by atoms with Gasteiger partial charge in [-0.25, -0.2) is 4.98 Å². The highest BCUT2D eigenvalue weighted by atomic mass is 16.3. The van der Waals surface area contributed by atoms with E-state index in [0.717, 1.165) is 50.0 Å². The second-order valence-corrected chi connectivity index (χ2v) is 12.6. The first-order chi connectivity index (χ1) is 24.8. The fraction of sp³-hybridized carbons (Fsp3) is 0. The predicted molar refractivity (Wildman–Crippen MR) is 205 cm³/mol. The number of benzene rings is 7. The van der Waals surface area contributed by atoms with Crippen LogP contribution in [0.25, 0.3) is 94.5 Å². The van der Waals surface area contributed by atoms with E-state index in [0.29, 0.717) is 11.5 Å². The molecule has 0 atom stereocenters. The Kier molecular flexibility index (Phi) is 6.46. The second kappa shape index (κ2) is 11.4. The van der Waals surface area contributed by atoms with Gasteiger partial charge in [-0.2, -0.15) is 4.98 Å². The van der Waals surface area contributed by atoms with Crippen molar-refractivity contribution < 1.29 is 4.42 Å². The summed E-state index contributed by atoms with van der Waals surface area (Å²) in [5.74, 6) is 0.631. The Bertz CT molecular complexity index is 2850. The van der Waals surface area contributed by atoms with E-state index in [1.165, 1.54) is 32.9 Å². The largest absolute Gasteiger partial charge is 0.438 e. The minimum atomic E-state index is 0.588. The average molecular weight is 640 g/mol. The predicted octanol–water partition coefficient (Wildman–Crippen LogP) is 12.1. The SMILES string of the molecule is c1ccc(-c2ccc3c(c2)c2cc(-c4cccc(-c5nc(-c6ccccc6)c6c(n5)oc5ccccc56)c4)ccc2n3-c2ccccc2)cc1. The standard InChI is InChI=1S/C46H29N3O/c1-4-13-30(14-5-1)33-23-25-40-38(28-33)39-29-34(24-26-41(39)49(40)36-19-8-3-9-20-36)32-17-12-18-35(27-32)45-47-44(31-15-6-2-7-16-31)43-37-21-10-11-22-42(37)50-46(43)48-45/h1-29H. The summed E-state index contributed by atoms with van der Waals surface area (Å²) in [7, 11) is 0. The highest BCUT2D eigenvalue weighted by Crippen LogP contribution is 2.39. The van der Waals surface area contributed by atoms with Crippen molar-refractivity contribution in [3.63, 3.8) is 0 Å². The van der Waals surface area contributed by atoms with Gasteiger partial charge in [0.1, 0.15) is 5.58 Å². The van der Waals surface area contributed by atoms with Gasteiger partial charge in [-0.05, 0) is 70.8 Å². The molecule has 50 heavy (non-hydrogen) atoms. The molecule has 4 heteroatoms. The van der Waals surface area contributed by atoms with Gasteiger partial charge in [0, 0.05) is 33.0 Å². The van der Waals surface area contributed by atoms with Gasteiger partial charge in [-0.1, -0.05) is 127 Å². The summed E-state index contributed by atoms with van der Waals surface area (Å²) in [6.45, 7) is 0. The van der Waals surface area contributed by atoms with E-state index >= 15 is 0 Å². The number of furan rings is 1. The van der Waals surface area contributed by atoms with Gasteiger partial charge < -0.3 is 8.98 Å². The van der Waals surface area contributed by atoms with Crippen LogP contribution in [0.4, 0.5) is 0 Å². The molecule has 3 aromatic heterocycles. The van der Waals surface area contributed by atoms with Crippen LogP contribution in [0.15, 0.2) is 180 Å². The van der Waals surface area contributed by atoms with Crippen molar-refractivity contribution in [3.05, 3.63) is 176 Å². The Labute approximate surface area is 288 Å². The summed E-state index contributed by atoms with van der Waals surface area (Å²) in [6.07, 6.45) is 0. The van der Waals surface area contributed by atoms with E-state index in [-0.39, 0.29) is 0 Å². The number of fused-ring (bicyclic) bond motifs is 6. The number of nitrogens with zero attached hydrogens (tertiary/aromatic N) is 3. The lowest BCUT2D eigenvalue weighted by atomic mass is 9.99. The molecule has 4 nitrogen and oxygen atoms in total. The molecule has 0 amide bonds. The summed E-state index contributed by atoms with van der Waals surface area (Å²) in [5.41, 5.74) is 12.3. The van der Waals surface area contributed by atoms with Crippen LogP contribution in [0.2, 0.25) is 0 Å². The lowest BCUT2D eigenvalue weighted by molar-refractivity contribution is 0.653. The number of hydrogen-bond donors (Lipinski definition) is 0. The Hall–Kier alpha value is -6.78. The monoisotopic (exact) mass is 639 g/mol. The Balaban J connectivity index is 1.15. The Morgan fingerprint density at radius 3 is 1.68 bits per heavy atom. The first kappa shape index (κ1) is 28.3. The van der Waals surface area contributed by atoms with Crippen LogP contribution in [0, 0.1) is 0 Å². The van der Waals surface area contributed by atoms with Gasteiger partial charge in [-0.15, -0.1) is 0 Å². The summed E-state index contributed by atoms with van der Waals surface area (Å²) >= 11 is 0. The number of rotatable bonds is 5. The highest BCUT2D eigenvalue weighted by Gasteiger charge is 2.19. The average Bonchev–Trinajstić information content (AvgIpc) is 3.73. The third-order valence-electron chi connectivity index (χ3n) is 9.63. The van der Waals surface area contributed by atoms with Crippen molar-refractivity contribution in [2.75, 3.05) is 0 Å². The second-order valence-electron chi connectivity index (χ2n) is 12.6. The van der Waals surface area contributed by atoms with Crippen LogP contribution in [0.1, 0.15) is 0 Å². The summed E-state index contributed by atoms with van der Waals surface area (Å²) in [6, 6.07) is 61.7. The Morgan fingerprint density at radius 1 is 0.400 bits per heavy atom. The van der Waals surface area contributed by atoms with Gasteiger partial charge in [0.05, 0.1) is 22.1 Å². The molecule has 10 aromatic rings. The maximum absolute atomic E-state index is 6.31. The van der Waals surface area contributed by atoms with Crippen LogP contribution in [-0.4, -0.2) is 14.5 Å². The van der Waals surface area contributed by atoms with Crippen molar-refractivity contribution in [2.24, 2.45) is 0 Å². The van der Waals surface area contributed by atoms with E-state index < -0.39 is 0 Å². The molecule has 0 radical (unpaired) electrons. The van der Waals surface area contributed by atoms with Crippen LogP contribution >= 0.6 is 0 Å². The lowest BCUT2D eigenvalue weighted by Crippen LogP contribution is -1.94. The molecule has 0 saturated heterocycles. The van der Waals surface area contributed by atoms with Crippen LogP contribution in [0.5, 0.6) is 0 Å². The van der Waals surface area contributed by atoms with E-state index in [2.05, 4.69) is 144 Å². The van der Waals surface area contributed by atoms with Crippen LogP contribution in [-0.2, 0) is 0 Å². The normalized spacial score (nSPS) is 11.6. The smallest absolute Gasteiger partial charge is 0.231 e. The summed E-state index contributed by atoms with van der Waals surface area (Å²) < 4.78 is 8.67. The highest BCUT2D eigenvalue weighted by molar-refractivity contribution is 6.12. The molecule has 0 spiro atoms. The topological polar surface area (TPSA) is 43.9 Å². The lowest BCUT2D eigenvalue weighted by Gasteiger charge is -2.09. The molecule has 0 aliphatic rings. The fourth-order valence-corrected chi connectivity index (χ4v) is 7.26. The molecule has 7 aromatic carbocycles. The summed E-state index contributed by atoms with van der Waals surface area (Å²) in [4.78, 5) is 10.2. The van der Waals surface area contributed by atoms with Gasteiger partial charge >= 0.3 is 0 Å². The third-order valence-corrected chi connectivity index (χ3v) is 9.63. The van der Waals surface area contributed by atoms with Crippen LogP contribution < -0.4 is 0 Å². The van der Waals surface area contributed by atoms with E-state index in [1.54, 1.807) is 0 Å². The van der Waals surface area contributed by atoms with Crippen molar-refractivity contribution >= 4 is 43.9 Å². The molecule has 0 aliphatic heterocycles. The zero-order valence-electron chi connectivity index (χ0n) is 27.0. The van der Waals surface area contributed by atoms with E-state index in [9.17, 15) is 0 Å². The molecule has 0 unspecified atom stereocenters. The molecular formula is C46H29N3O. The van der Waals surface area contributed by atoms with Crippen molar-refractivity contribution in [1.82, 2.24) is 14.5 Å². The molecule has 10 rings (SSSR count). The summed E-state index contributed by atoms with van der Waals surface area (Å²) in [5, 5.41) is 4.37. The Morgan fingerprint density at radius 2 is 0.960 bits per heavy atom. The van der Waals surface area contributed by atoms with Crippen LogP contribution in [0.3, 0.4) is 0 Å². The minimum Gasteiger partial charge on any atom is -0.438 e. The molecule has 234 valence electrons. The maximum Gasteiger partial charge on any atom is 0.231 e. The van der Waals surface area contributed by atoms with Gasteiger partial charge in [0.15, 0.2) is 5.82 Å². The molecule has 0 bridgehead atoms. The molecule has 0 fully saturated rings. The molecular weight excluding hydrogens is 611 g/mol. The van der Waals surface area contributed by atoms with E-state index in [1.807, 2.05) is 36.4 Å². The van der Waals surface area contributed by atoms with Gasteiger partial charge in [0.2, 0.25) is 5.71 Å². The molecule has 0 aliphatic carbocycles. The minimum absolute atomic E-state index is 0.588. The molecule has 0 saturated carbocycles. The van der Waals surface area contributed by atoms with Gasteiger partial charge in [0.25, 0.3) is 0 Å². The van der Waals surface area contributed by atoms with E-state index in [4.69, 9.17) is 14.4 Å². The first-order valence-electron chi connectivity index (χ1n) is 16.8. The van der Waals surface area contributed by atoms with Crippen molar-refractivity contribution in [2.45, 2.75) is 0 Å². The number of aromatic nitrogens is 3. The zero-order valence-corrected chi connectivity index (χ0v) is 27.0. The first-order valence-corrected chi connectivity index (χ1v) is 16.8. The zero-order chi connectivity index (χ0) is 33.0. The fourth-order valence-electron chi connectivity index (χ4n) is 7.26. The third kappa shape index (κ3) is 4.61. The molecule has 3 heterocycles. The number of para-hydroxylation sites is 2. The van der Waals surface area contributed by atoms with Crippen molar-refractivity contribution in [3.8, 4) is 50.6 Å². The van der Waals surface area contributed by atoms with Crippen molar-refractivity contribution in [1.29, 1.82) is 0 Å².